The molecule has 0 aromatic heterocycles. The van der Waals surface area contributed by atoms with Gasteiger partial charge >= 0.3 is 0 Å². The molecule has 0 radical (unpaired) electrons. The van der Waals surface area contributed by atoms with Gasteiger partial charge in [0, 0.05) is 22.0 Å². The summed E-state index contributed by atoms with van der Waals surface area (Å²) in [4.78, 5) is 0. The number of rotatable bonds is 4. The Morgan fingerprint density at radius 2 is 2.00 bits per heavy atom. The van der Waals surface area contributed by atoms with E-state index in [1.54, 1.807) is 18.2 Å². The number of aliphatic hydroxyl groups excluding tert-OH is 1. The van der Waals surface area contributed by atoms with Crippen LogP contribution in [0, 0.1) is 0 Å². The molecule has 0 saturated carbocycles. The van der Waals surface area contributed by atoms with Crippen molar-refractivity contribution in [2.45, 2.75) is 25.4 Å². The molecule has 1 aliphatic rings. The Balaban J connectivity index is 1.68. The molecule has 4 heteroatoms. The highest BCUT2D eigenvalue weighted by Crippen LogP contribution is 2.30. The molecule has 1 aliphatic heterocycles. The van der Waals surface area contributed by atoms with E-state index in [2.05, 4.69) is 12.1 Å². The van der Waals surface area contributed by atoms with Crippen LogP contribution in [0.3, 0.4) is 0 Å². The molecule has 0 bridgehead atoms. The molecule has 0 amide bonds. The molecular formula is C17H16Cl2O2. The van der Waals surface area contributed by atoms with Crippen LogP contribution in [0.1, 0.15) is 29.2 Å². The lowest BCUT2D eigenvalue weighted by atomic mass is 9.99. The fraction of sp³-hybridized carbons (Fsp3) is 0.294. The van der Waals surface area contributed by atoms with Gasteiger partial charge in [-0.3, -0.25) is 0 Å². The second kappa shape index (κ2) is 6.27. The van der Waals surface area contributed by atoms with Crippen molar-refractivity contribution < 1.29 is 9.84 Å². The maximum absolute atomic E-state index is 10.3. The first-order valence-corrected chi connectivity index (χ1v) is 7.76. The third-order valence-corrected chi connectivity index (χ3v) is 4.36. The van der Waals surface area contributed by atoms with Crippen molar-refractivity contribution in [1.29, 1.82) is 0 Å². The van der Waals surface area contributed by atoms with Crippen LogP contribution in [-0.2, 0) is 12.8 Å². The summed E-state index contributed by atoms with van der Waals surface area (Å²) in [6.07, 6.45) is 1.75. The van der Waals surface area contributed by atoms with Crippen molar-refractivity contribution >= 4 is 23.2 Å². The molecular weight excluding hydrogens is 307 g/mol. The standard InChI is InChI=1S/C17H16Cl2O2/c18-13-3-4-15(19)14(10-13)16(20)5-1-11-2-6-17-12(9-11)7-8-21-17/h2-4,6,9-10,16,20H,1,5,7-8H2. The number of hydrogen-bond donors (Lipinski definition) is 1. The van der Waals surface area contributed by atoms with Gasteiger partial charge in [-0.15, -0.1) is 0 Å². The Hall–Kier alpha value is -1.22. The van der Waals surface area contributed by atoms with E-state index in [1.165, 1.54) is 11.1 Å². The molecule has 2 aromatic rings. The normalized spacial score (nSPS) is 14.6. The molecule has 110 valence electrons. The molecule has 1 unspecified atom stereocenters. The van der Waals surface area contributed by atoms with Crippen LogP contribution in [0.2, 0.25) is 10.0 Å². The van der Waals surface area contributed by atoms with Gasteiger partial charge in [0.2, 0.25) is 0 Å². The smallest absolute Gasteiger partial charge is 0.122 e. The molecule has 0 spiro atoms. The number of aryl methyl sites for hydroxylation is 1. The Morgan fingerprint density at radius 3 is 2.86 bits per heavy atom. The summed E-state index contributed by atoms with van der Waals surface area (Å²) in [5, 5.41) is 11.4. The molecule has 0 aliphatic carbocycles. The lowest BCUT2D eigenvalue weighted by Gasteiger charge is -2.13. The van der Waals surface area contributed by atoms with Gasteiger partial charge in [-0.05, 0) is 48.2 Å². The first-order chi connectivity index (χ1) is 10.1. The molecule has 1 N–H and O–H groups in total. The van der Waals surface area contributed by atoms with Crippen molar-refractivity contribution in [2.75, 3.05) is 6.61 Å². The number of halogens is 2. The van der Waals surface area contributed by atoms with Crippen LogP contribution in [0.4, 0.5) is 0 Å². The monoisotopic (exact) mass is 322 g/mol. The maximum Gasteiger partial charge on any atom is 0.122 e. The Kier molecular flexibility index (Phi) is 4.39. The largest absolute Gasteiger partial charge is 0.493 e. The van der Waals surface area contributed by atoms with Crippen molar-refractivity contribution in [3.8, 4) is 5.75 Å². The van der Waals surface area contributed by atoms with Crippen LogP contribution in [0.15, 0.2) is 36.4 Å². The van der Waals surface area contributed by atoms with Crippen LogP contribution >= 0.6 is 23.2 Å². The van der Waals surface area contributed by atoms with E-state index >= 15 is 0 Å². The summed E-state index contributed by atoms with van der Waals surface area (Å²) in [6.45, 7) is 0.763. The van der Waals surface area contributed by atoms with Gasteiger partial charge in [0.15, 0.2) is 0 Å². The third kappa shape index (κ3) is 3.34. The third-order valence-electron chi connectivity index (χ3n) is 3.78. The van der Waals surface area contributed by atoms with Gasteiger partial charge in [0.05, 0.1) is 12.7 Å². The van der Waals surface area contributed by atoms with Crippen LogP contribution < -0.4 is 4.74 Å². The lowest BCUT2D eigenvalue weighted by molar-refractivity contribution is 0.168. The summed E-state index contributed by atoms with van der Waals surface area (Å²) in [5.41, 5.74) is 3.15. The lowest BCUT2D eigenvalue weighted by Crippen LogP contribution is -2.01. The van der Waals surface area contributed by atoms with Gasteiger partial charge in [0.1, 0.15) is 5.75 Å². The fourth-order valence-corrected chi connectivity index (χ4v) is 3.05. The van der Waals surface area contributed by atoms with Crippen LogP contribution in [0.5, 0.6) is 5.75 Å². The van der Waals surface area contributed by atoms with Crippen molar-refractivity contribution in [3.05, 3.63) is 63.1 Å². The number of hydrogen-bond acceptors (Lipinski definition) is 2. The topological polar surface area (TPSA) is 29.5 Å². The van der Waals surface area contributed by atoms with E-state index < -0.39 is 6.10 Å². The summed E-state index contributed by atoms with van der Waals surface area (Å²) < 4.78 is 5.50. The summed E-state index contributed by atoms with van der Waals surface area (Å²) in [5.74, 6) is 0.984. The van der Waals surface area contributed by atoms with Gasteiger partial charge < -0.3 is 9.84 Å². The molecule has 0 saturated heterocycles. The zero-order valence-corrected chi connectivity index (χ0v) is 13.0. The minimum atomic E-state index is -0.610. The second-order valence-corrected chi connectivity index (χ2v) is 6.10. The molecule has 21 heavy (non-hydrogen) atoms. The molecule has 2 nitrogen and oxygen atoms in total. The zero-order chi connectivity index (χ0) is 14.8. The Morgan fingerprint density at radius 1 is 1.14 bits per heavy atom. The van der Waals surface area contributed by atoms with E-state index in [9.17, 15) is 5.11 Å². The molecule has 3 rings (SSSR count). The van der Waals surface area contributed by atoms with E-state index in [0.717, 1.165) is 25.2 Å². The number of benzene rings is 2. The van der Waals surface area contributed by atoms with Gasteiger partial charge in [-0.2, -0.15) is 0 Å². The van der Waals surface area contributed by atoms with Crippen molar-refractivity contribution in [3.63, 3.8) is 0 Å². The van der Waals surface area contributed by atoms with Crippen LogP contribution in [0.25, 0.3) is 0 Å². The summed E-state index contributed by atoms with van der Waals surface area (Å²) >= 11 is 12.1. The second-order valence-electron chi connectivity index (χ2n) is 5.26. The van der Waals surface area contributed by atoms with Gasteiger partial charge in [-0.25, -0.2) is 0 Å². The van der Waals surface area contributed by atoms with Gasteiger partial charge in [0.25, 0.3) is 0 Å². The maximum atomic E-state index is 10.3. The predicted octanol–water partition coefficient (Wildman–Crippen LogP) is 4.59. The van der Waals surface area contributed by atoms with Crippen molar-refractivity contribution in [2.24, 2.45) is 0 Å². The van der Waals surface area contributed by atoms with E-state index in [4.69, 9.17) is 27.9 Å². The average molecular weight is 323 g/mol. The first-order valence-electron chi connectivity index (χ1n) is 7.01. The fourth-order valence-electron chi connectivity index (χ4n) is 2.62. The Labute approximate surface area is 134 Å². The molecule has 1 heterocycles. The van der Waals surface area contributed by atoms with E-state index in [0.29, 0.717) is 22.0 Å². The highest BCUT2D eigenvalue weighted by atomic mass is 35.5. The average Bonchev–Trinajstić information content (AvgIpc) is 2.94. The molecule has 0 fully saturated rings. The first kappa shape index (κ1) is 14.7. The Bertz CT molecular complexity index is 655. The minimum Gasteiger partial charge on any atom is -0.493 e. The summed E-state index contributed by atoms with van der Waals surface area (Å²) in [6, 6.07) is 11.4. The number of fused-ring (bicyclic) bond motifs is 1. The van der Waals surface area contributed by atoms with E-state index in [1.807, 2.05) is 6.07 Å². The predicted molar refractivity (Wildman–Crippen MR) is 85.4 cm³/mol. The number of ether oxygens (including phenoxy) is 1. The minimum absolute atomic E-state index is 0.550. The number of aliphatic hydroxyl groups is 1. The van der Waals surface area contributed by atoms with E-state index in [-0.39, 0.29) is 0 Å². The SMILES string of the molecule is OC(CCc1ccc2c(c1)CCO2)c1cc(Cl)ccc1Cl. The van der Waals surface area contributed by atoms with Crippen molar-refractivity contribution in [1.82, 2.24) is 0 Å². The zero-order valence-electron chi connectivity index (χ0n) is 11.5. The molecule has 1 atom stereocenters. The highest BCUT2D eigenvalue weighted by Gasteiger charge is 2.15. The summed E-state index contributed by atoms with van der Waals surface area (Å²) in [7, 11) is 0. The quantitative estimate of drug-likeness (QED) is 0.891. The van der Waals surface area contributed by atoms with Gasteiger partial charge in [-0.1, -0.05) is 35.3 Å². The molecule has 2 aromatic carbocycles. The van der Waals surface area contributed by atoms with Crippen LogP contribution in [-0.4, -0.2) is 11.7 Å². The highest BCUT2D eigenvalue weighted by molar-refractivity contribution is 6.33.